The highest BCUT2D eigenvalue weighted by Crippen LogP contribution is 2.22. The van der Waals surface area contributed by atoms with E-state index in [9.17, 15) is 17.6 Å². The van der Waals surface area contributed by atoms with Gasteiger partial charge in [-0.25, -0.2) is 12.8 Å². The first-order chi connectivity index (χ1) is 13.3. The number of hydrogen-bond donors (Lipinski definition) is 1. The van der Waals surface area contributed by atoms with Gasteiger partial charge in [0, 0.05) is 18.7 Å². The second kappa shape index (κ2) is 8.39. The summed E-state index contributed by atoms with van der Waals surface area (Å²) in [6.45, 7) is 0.0188. The Bertz CT molecular complexity index is 1100. The quantitative estimate of drug-likeness (QED) is 0.647. The van der Waals surface area contributed by atoms with E-state index in [0.29, 0.717) is 5.69 Å². The first-order valence-corrected chi connectivity index (χ1v) is 10.7. The fraction of sp³-hybridized carbons (Fsp3) is 0.190. The predicted octanol–water partition coefficient (Wildman–Crippen LogP) is 4.16. The van der Waals surface area contributed by atoms with E-state index in [1.165, 1.54) is 18.2 Å². The summed E-state index contributed by atoms with van der Waals surface area (Å²) in [6.07, 6.45) is 1.41. The van der Waals surface area contributed by atoms with Crippen molar-refractivity contribution in [2.45, 2.75) is 12.8 Å². The second-order valence-electron chi connectivity index (χ2n) is 6.50. The molecule has 0 saturated heterocycles. The predicted molar refractivity (Wildman–Crippen MR) is 110 cm³/mol. The van der Waals surface area contributed by atoms with Gasteiger partial charge in [0.05, 0.1) is 11.9 Å². The number of para-hydroxylation sites is 1. The maximum atomic E-state index is 14.0. The molecule has 3 rings (SSSR count). The van der Waals surface area contributed by atoms with Crippen LogP contribution in [0.25, 0.3) is 10.8 Å². The van der Waals surface area contributed by atoms with Gasteiger partial charge in [0.15, 0.2) is 0 Å². The van der Waals surface area contributed by atoms with E-state index in [2.05, 4.69) is 5.32 Å². The van der Waals surface area contributed by atoms with E-state index < -0.39 is 15.8 Å². The molecule has 5 nitrogen and oxygen atoms in total. The average Bonchev–Trinajstić information content (AvgIpc) is 2.65. The topological polar surface area (TPSA) is 66.5 Å². The molecule has 0 aliphatic rings. The molecule has 0 saturated carbocycles. The standard InChI is InChI=1S/C21H21FN2O3S/c1-28(26,27)24(20-10-5-4-9-19(20)22)14-6-11-21(25)23-18-13-12-16-7-2-3-8-17(16)15-18/h2-5,7-10,12-13,15H,6,11,14H2,1H3,(H,23,25). The van der Waals surface area contributed by atoms with Gasteiger partial charge in [-0.05, 0) is 41.5 Å². The molecule has 0 radical (unpaired) electrons. The Labute approximate surface area is 163 Å². The van der Waals surface area contributed by atoms with Crippen molar-refractivity contribution in [2.75, 3.05) is 22.4 Å². The molecule has 28 heavy (non-hydrogen) atoms. The molecule has 0 atom stereocenters. The van der Waals surface area contributed by atoms with Crippen LogP contribution in [0.5, 0.6) is 0 Å². The Morgan fingerprint density at radius 1 is 1.00 bits per heavy atom. The van der Waals surface area contributed by atoms with Crippen molar-refractivity contribution >= 4 is 38.1 Å². The molecule has 3 aromatic rings. The summed E-state index contributed by atoms with van der Waals surface area (Å²) in [6, 6.07) is 19.1. The number of carbonyl (C=O) groups excluding carboxylic acids is 1. The molecule has 0 heterocycles. The molecule has 0 spiro atoms. The molecule has 0 aromatic heterocycles. The lowest BCUT2D eigenvalue weighted by Crippen LogP contribution is -2.32. The zero-order valence-electron chi connectivity index (χ0n) is 15.4. The summed E-state index contributed by atoms with van der Waals surface area (Å²) >= 11 is 0. The molecule has 0 bridgehead atoms. The monoisotopic (exact) mass is 400 g/mol. The Kier molecular flexibility index (Phi) is 5.94. The Morgan fingerprint density at radius 3 is 2.39 bits per heavy atom. The van der Waals surface area contributed by atoms with Crippen LogP contribution in [-0.4, -0.2) is 27.1 Å². The molecule has 0 unspecified atom stereocenters. The van der Waals surface area contributed by atoms with Gasteiger partial charge >= 0.3 is 0 Å². The first-order valence-electron chi connectivity index (χ1n) is 8.85. The van der Waals surface area contributed by atoms with Crippen LogP contribution in [0.4, 0.5) is 15.8 Å². The van der Waals surface area contributed by atoms with Crippen LogP contribution in [0, 0.1) is 5.82 Å². The zero-order valence-corrected chi connectivity index (χ0v) is 16.2. The normalized spacial score (nSPS) is 11.4. The first kappa shape index (κ1) is 19.8. The van der Waals surface area contributed by atoms with Crippen LogP contribution < -0.4 is 9.62 Å². The highest BCUT2D eigenvalue weighted by Gasteiger charge is 2.20. The van der Waals surface area contributed by atoms with Crippen LogP contribution in [0.15, 0.2) is 66.7 Å². The summed E-state index contributed by atoms with van der Waals surface area (Å²) in [5, 5.41) is 4.91. The molecular formula is C21H21FN2O3S. The largest absolute Gasteiger partial charge is 0.326 e. The van der Waals surface area contributed by atoms with E-state index in [0.717, 1.165) is 21.3 Å². The van der Waals surface area contributed by atoms with Crippen molar-refractivity contribution in [3.05, 3.63) is 72.5 Å². The average molecular weight is 400 g/mol. The Morgan fingerprint density at radius 2 is 1.68 bits per heavy atom. The number of benzene rings is 3. The molecule has 0 aliphatic heterocycles. The lowest BCUT2D eigenvalue weighted by atomic mass is 10.1. The van der Waals surface area contributed by atoms with Crippen molar-refractivity contribution in [1.29, 1.82) is 0 Å². The van der Waals surface area contributed by atoms with Gasteiger partial charge in [0.1, 0.15) is 5.82 Å². The number of nitrogens with zero attached hydrogens (tertiary/aromatic N) is 1. The van der Waals surface area contributed by atoms with E-state index in [-0.39, 0.29) is 31.0 Å². The number of nitrogens with one attached hydrogen (secondary N) is 1. The summed E-state index contributed by atoms with van der Waals surface area (Å²) in [4.78, 5) is 12.2. The third kappa shape index (κ3) is 4.86. The van der Waals surface area contributed by atoms with E-state index >= 15 is 0 Å². The molecule has 1 N–H and O–H groups in total. The maximum Gasteiger partial charge on any atom is 0.232 e. The number of rotatable bonds is 7. The van der Waals surface area contributed by atoms with E-state index in [1.54, 1.807) is 6.07 Å². The third-order valence-corrected chi connectivity index (χ3v) is 5.50. The lowest BCUT2D eigenvalue weighted by Gasteiger charge is -2.22. The van der Waals surface area contributed by atoms with E-state index in [1.807, 2.05) is 42.5 Å². The van der Waals surface area contributed by atoms with Gasteiger partial charge in [-0.15, -0.1) is 0 Å². The number of anilines is 2. The fourth-order valence-electron chi connectivity index (χ4n) is 2.99. The number of sulfonamides is 1. The molecule has 0 aliphatic carbocycles. The minimum absolute atomic E-state index is 0.0139. The lowest BCUT2D eigenvalue weighted by molar-refractivity contribution is -0.116. The van der Waals surface area contributed by atoms with Gasteiger partial charge in [-0.3, -0.25) is 9.10 Å². The van der Waals surface area contributed by atoms with Crippen molar-refractivity contribution in [1.82, 2.24) is 0 Å². The van der Waals surface area contributed by atoms with Crippen molar-refractivity contribution in [3.8, 4) is 0 Å². The van der Waals surface area contributed by atoms with Crippen LogP contribution in [0.2, 0.25) is 0 Å². The number of halogens is 1. The molecule has 146 valence electrons. The number of amides is 1. The second-order valence-corrected chi connectivity index (χ2v) is 8.41. The smallest absolute Gasteiger partial charge is 0.232 e. The summed E-state index contributed by atoms with van der Waals surface area (Å²) in [7, 11) is -3.66. The summed E-state index contributed by atoms with van der Waals surface area (Å²) < 4.78 is 39.0. The van der Waals surface area contributed by atoms with Gasteiger partial charge < -0.3 is 5.32 Å². The molecule has 1 amide bonds. The number of fused-ring (bicyclic) bond motifs is 1. The minimum atomic E-state index is -3.66. The van der Waals surface area contributed by atoms with Crippen molar-refractivity contribution in [3.63, 3.8) is 0 Å². The summed E-state index contributed by atoms with van der Waals surface area (Å²) in [5.74, 6) is -0.842. The molecule has 7 heteroatoms. The van der Waals surface area contributed by atoms with Crippen molar-refractivity contribution in [2.24, 2.45) is 0 Å². The number of carbonyl (C=O) groups is 1. The highest BCUT2D eigenvalue weighted by molar-refractivity contribution is 7.92. The zero-order chi connectivity index (χ0) is 20.1. The number of hydrogen-bond acceptors (Lipinski definition) is 3. The van der Waals surface area contributed by atoms with Crippen LogP contribution in [-0.2, 0) is 14.8 Å². The van der Waals surface area contributed by atoms with Crippen LogP contribution >= 0.6 is 0 Å². The molecule has 3 aromatic carbocycles. The fourth-order valence-corrected chi connectivity index (χ4v) is 3.96. The van der Waals surface area contributed by atoms with Gasteiger partial charge in [-0.2, -0.15) is 0 Å². The van der Waals surface area contributed by atoms with Crippen LogP contribution in [0.1, 0.15) is 12.8 Å². The van der Waals surface area contributed by atoms with Crippen LogP contribution in [0.3, 0.4) is 0 Å². The van der Waals surface area contributed by atoms with Gasteiger partial charge in [0.2, 0.25) is 15.9 Å². The van der Waals surface area contributed by atoms with Gasteiger partial charge in [0.25, 0.3) is 0 Å². The SMILES string of the molecule is CS(=O)(=O)N(CCCC(=O)Nc1ccc2ccccc2c1)c1ccccc1F. The Balaban J connectivity index is 1.62. The Hall–Kier alpha value is -2.93. The molecular weight excluding hydrogens is 379 g/mol. The summed E-state index contributed by atoms with van der Waals surface area (Å²) in [5.41, 5.74) is 0.665. The van der Waals surface area contributed by atoms with Gasteiger partial charge in [-0.1, -0.05) is 42.5 Å². The minimum Gasteiger partial charge on any atom is -0.326 e. The van der Waals surface area contributed by atoms with E-state index in [4.69, 9.17) is 0 Å². The van der Waals surface area contributed by atoms with Crippen molar-refractivity contribution < 1.29 is 17.6 Å². The maximum absolute atomic E-state index is 14.0. The molecule has 0 fully saturated rings. The third-order valence-electron chi connectivity index (χ3n) is 4.32. The highest BCUT2D eigenvalue weighted by atomic mass is 32.2.